The van der Waals surface area contributed by atoms with Gasteiger partial charge in [-0.15, -0.1) is 0 Å². The Labute approximate surface area is 188 Å². The highest BCUT2D eigenvalue weighted by Gasteiger charge is 2.38. The maximum atomic E-state index is 15.0. The van der Waals surface area contributed by atoms with Crippen LogP contribution in [-0.2, 0) is 11.3 Å². The highest BCUT2D eigenvalue weighted by Crippen LogP contribution is 2.33. The highest BCUT2D eigenvalue weighted by molar-refractivity contribution is 5.96. The molecule has 0 radical (unpaired) electrons. The minimum Gasteiger partial charge on any atom is -0.364 e. The van der Waals surface area contributed by atoms with Gasteiger partial charge in [0.15, 0.2) is 0 Å². The minimum absolute atomic E-state index is 0.00588. The second kappa shape index (κ2) is 9.31. The first-order chi connectivity index (χ1) is 15.3. The molecule has 176 valence electrons. The second-order valence-corrected chi connectivity index (χ2v) is 9.58. The van der Waals surface area contributed by atoms with Gasteiger partial charge in [0, 0.05) is 51.2 Å². The number of piperazine rings is 1. The van der Waals surface area contributed by atoms with E-state index >= 15 is 0 Å². The third-order valence-electron chi connectivity index (χ3n) is 7.34. The maximum absolute atomic E-state index is 15.0. The number of hydrogen-bond donors (Lipinski definition) is 2. The molecule has 9 heteroatoms. The average molecular weight is 450 g/mol. The zero-order valence-corrected chi connectivity index (χ0v) is 18.9. The number of rotatable bonds is 5. The summed E-state index contributed by atoms with van der Waals surface area (Å²) in [6.07, 6.45) is 2.50. The van der Waals surface area contributed by atoms with Gasteiger partial charge in [0.2, 0.25) is 5.91 Å². The molecule has 4 rings (SSSR count). The molecule has 3 heterocycles. The first-order valence-electron chi connectivity index (χ1n) is 11.5. The number of hydrogen-bond acceptors (Lipinski definition) is 5. The van der Waals surface area contributed by atoms with E-state index in [9.17, 15) is 18.4 Å². The Kier molecular flexibility index (Phi) is 6.67. The fraction of sp³-hybridized carbons (Fsp3) is 0.652. The standard InChI is InChI=1S/C23H33F2N5O2/c1-23(2,17-3-6-26-7-4-17)30-11-9-28(10-12-30)21-18(24)13-16(14-19(21)25)15-29-8-5-20(31)27-22(29)32/h13-14,17,26H,3-12,15H2,1-2H3,(H,27,31,32). The third-order valence-corrected chi connectivity index (χ3v) is 7.34. The molecule has 3 aliphatic heterocycles. The number of imide groups is 1. The molecule has 3 aliphatic rings. The Morgan fingerprint density at radius 2 is 1.62 bits per heavy atom. The summed E-state index contributed by atoms with van der Waals surface area (Å²) in [5.41, 5.74) is 0.441. The van der Waals surface area contributed by atoms with E-state index in [0.29, 0.717) is 24.6 Å². The number of piperidine rings is 1. The summed E-state index contributed by atoms with van der Waals surface area (Å²) in [6.45, 7) is 9.64. The zero-order valence-electron chi connectivity index (χ0n) is 18.9. The predicted molar refractivity (Wildman–Crippen MR) is 118 cm³/mol. The van der Waals surface area contributed by atoms with Crippen molar-refractivity contribution in [3.63, 3.8) is 0 Å². The SMILES string of the molecule is CC(C)(C1CCNCC1)N1CCN(c2c(F)cc(CN3CCC(=O)NC3=O)cc2F)CC1. The van der Waals surface area contributed by atoms with Crippen LogP contribution in [0.5, 0.6) is 0 Å². The summed E-state index contributed by atoms with van der Waals surface area (Å²) in [6, 6.07) is 2.07. The van der Waals surface area contributed by atoms with E-state index in [0.717, 1.165) is 39.0 Å². The smallest absolute Gasteiger partial charge is 0.324 e. The van der Waals surface area contributed by atoms with E-state index in [1.54, 1.807) is 4.90 Å². The number of amides is 3. The minimum atomic E-state index is -0.612. The van der Waals surface area contributed by atoms with Crippen LogP contribution in [0.25, 0.3) is 0 Å². The number of nitrogens with one attached hydrogen (secondary N) is 2. The van der Waals surface area contributed by atoms with Gasteiger partial charge < -0.3 is 15.1 Å². The molecule has 2 N–H and O–H groups in total. The normalized spacial score (nSPS) is 21.8. The average Bonchev–Trinajstić information content (AvgIpc) is 2.76. The fourth-order valence-corrected chi connectivity index (χ4v) is 5.27. The number of carbonyl (C=O) groups is 2. The lowest BCUT2D eigenvalue weighted by molar-refractivity contribution is -0.121. The van der Waals surface area contributed by atoms with Crippen molar-refractivity contribution >= 4 is 17.6 Å². The monoisotopic (exact) mass is 449 g/mol. The highest BCUT2D eigenvalue weighted by atomic mass is 19.1. The number of halogens is 2. The molecule has 7 nitrogen and oxygen atoms in total. The molecule has 0 aromatic heterocycles. The molecule has 0 atom stereocenters. The quantitative estimate of drug-likeness (QED) is 0.722. The van der Waals surface area contributed by atoms with E-state index in [2.05, 4.69) is 29.4 Å². The van der Waals surface area contributed by atoms with Crippen molar-refractivity contribution in [1.82, 2.24) is 20.4 Å². The van der Waals surface area contributed by atoms with Gasteiger partial charge in [0.1, 0.15) is 17.3 Å². The lowest BCUT2D eigenvalue weighted by Gasteiger charge is -2.49. The van der Waals surface area contributed by atoms with Crippen LogP contribution < -0.4 is 15.5 Å². The molecule has 3 fully saturated rings. The van der Waals surface area contributed by atoms with Crippen molar-refractivity contribution in [1.29, 1.82) is 0 Å². The lowest BCUT2D eigenvalue weighted by Crippen LogP contribution is -2.59. The predicted octanol–water partition coefficient (Wildman–Crippen LogP) is 2.31. The van der Waals surface area contributed by atoms with Gasteiger partial charge in [0.25, 0.3) is 0 Å². The van der Waals surface area contributed by atoms with Crippen LogP contribution in [0.1, 0.15) is 38.7 Å². The van der Waals surface area contributed by atoms with E-state index < -0.39 is 17.7 Å². The van der Waals surface area contributed by atoms with Crippen LogP contribution >= 0.6 is 0 Å². The van der Waals surface area contributed by atoms with Crippen molar-refractivity contribution in [2.75, 3.05) is 50.7 Å². The molecule has 32 heavy (non-hydrogen) atoms. The summed E-state index contributed by atoms with van der Waals surface area (Å²) in [4.78, 5) is 28.8. The number of anilines is 1. The Morgan fingerprint density at radius 3 is 2.22 bits per heavy atom. The second-order valence-electron chi connectivity index (χ2n) is 9.58. The zero-order chi connectivity index (χ0) is 22.9. The number of benzene rings is 1. The summed E-state index contributed by atoms with van der Waals surface area (Å²) >= 11 is 0. The van der Waals surface area contributed by atoms with Crippen LogP contribution in [0.4, 0.5) is 19.3 Å². The molecule has 1 aromatic rings. The maximum Gasteiger partial charge on any atom is 0.324 e. The van der Waals surface area contributed by atoms with Crippen molar-refractivity contribution in [2.24, 2.45) is 5.92 Å². The van der Waals surface area contributed by atoms with E-state index in [1.165, 1.54) is 17.0 Å². The van der Waals surface area contributed by atoms with Gasteiger partial charge in [-0.05, 0) is 63.4 Å². The van der Waals surface area contributed by atoms with Crippen molar-refractivity contribution in [3.8, 4) is 0 Å². The fourth-order valence-electron chi connectivity index (χ4n) is 5.27. The van der Waals surface area contributed by atoms with Gasteiger partial charge in [-0.2, -0.15) is 0 Å². The van der Waals surface area contributed by atoms with Crippen LogP contribution in [0, 0.1) is 17.6 Å². The topological polar surface area (TPSA) is 67.9 Å². The molecule has 0 unspecified atom stereocenters. The van der Waals surface area contributed by atoms with Gasteiger partial charge in [-0.1, -0.05) is 0 Å². The van der Waals surface area contributed by atoms with Gasteiger partial charge in [0.05, 0.1) is 0 Å². The van der Waals surface area contributed by atoms with Gasteiger partial charge in [-0.25, -0.2) is 13.6 Å². The molecule has 1 aromatic carbocycles. The van der Waals surface area contributed by atoms with Crippen LogP contribution in [0.3, 0.4) is 0 Å². The van der Waals surface area contributed by atoms with Crippen LogP contribution in [0.2, 0.25) is 0 Å². The molecule has 0 aliphatic carbocycles. The first kappa shape index (κ1) is 22.9. The van der Waals surface area contributed by atoms with Crippen LogP contribution in [-0.4, -0.2) is 73.1 Å². The summed E-state index contributed by atoms with van der Waals surface area (Å²) in [7, 11) is 0. The van der Waals surface area contributed by atoms with Crippen molar-refractivity contribution in [3.05, 3.63) is 29.3 Å². The van der Waals surface area contributed by atoms with E-state index in [1.807, 2.05) is 0 Å². The Hall–Kier alpha value is -2.26. The summed E-state index contributed by atoms with van der Waals surface area (Å²) in [5, 5.41) is 5.64. The molecule has 0 spiro atoms. The molecule has 3 saturated heterocycles. The third kappa shape index (κ3) is 4.73. The van der Waals surface area contributed by atoms with Crippen molar-refractivity contribution in [2.45, 2.75) is 45.2 Å². The number of nitrogens with zero attached hydrogens (tertiary/aromatic N) is 3. The molecular formula is C23H33F2N5O2. The van der Waals surface area contributed by atoms with E-state index in [4.69, 9.17) is 0 Å². The first-order valence-corrected chi connectivity index (χ1v) is 11.5. The number of urea groups is 1. The Bertz CT molecular complexity index is 841. The summed E-state index contributed by atoms with van der Waals surface area (Å²) < 4.78 is 29.9. The van der Waals surface area contributed by atoms with Crippen molar-refractivity contribution < 1.29 is 18.4 Å². The summed E-state index contributed by atoms with van der Waals surface area (Å²) in [5.74, 6) is -0.939. The lowest BCUT2D eigenvalue weighted by atomic mass is 9.79. The number of carbonyl (C=O) groups excluding carboxylic acids is 2. The molecular weight excluding hydrogens is 416 g/mol. The molecule has 0 saturated carbocycles. The van der Waals surface area contributed by atoms with Gasteiger partial charge >= 0.3 is 6.03 Å². The molecule has 3 amide bonds. The Balaban J connectivity index is 1.40. The Morgan fingerprint density at radius 1 is 1.00 bits per heavy atom. The van der Waals surface area contributed by atoms with E-state index in [-0.39, 0.29) is 36.6 Å². The van der Waals surface area contributed by atoms with Crippen LogP contribution in [0.15, 0.2) is 12.1 Å². The largest absolute Gasteiger partial charge is 0.364 e. The molecule has 0 bridgehead atoms. The van der Waals surface area contributed by atoms with Gasteiger partial charge in [-0.3, -0.25) is 15.0 Å².